The smallest absolute Gasteiger partial charge is 0.225 e. The first-order valence-corrected chi connectivity index (χ1v) is 9.37. The molecule has 8 nitrogen and oxygen atoms in total. The predicted octanol–water partition coefficient (Wildman–Crippen LogP) is 2.27. The Labute approximate surface area is 162 Å². The van der Waals surface area contributed by atoms with Crippen LogP contribution in [0, 0.1) is 5.82 Å². The van der Waals surface area contributed by atoms with Gasteiger partial charge in [0.15, 0.2) is 5.65 Å². The van der Waals surface area contributed by atoms with Gasteiger partial charge in [0, 0.05) is 31.8 Å². The lowest BCUT2D eigenvalue weighted by atomic mass is 10.1. The Balaban J connectivity index is 1.70. The van der Waals surface area contributed by atoms with Crippen molar-refractivity contribution in [3.63, 3.8) is 0 Å². The van der Waals surface area contributed by atoms with Gasteiger partial charge in [-0.2, -0.15) is 10.1 Å². The summed E-state index contributed by atoms with van der Waals surface area (Å²) in [7, 11) is 3.23. The van der Waals surface area contributed by atoms with Gasteiger partial charge in [-0.3, -0.25) is 4.68 Å². The van der Waals surface area contributed by atoms with Crippen molar-refractivity contribution in [3.8, 4) is 17.0 Å². The van der Waals surface area contributed by atoms with Gasteiger partial charge in [0.1, 0.15) is 17.4 Å². The van der Waals surface area contributed by atoms with Crippen LogP contribution in [0.3, 0.4) is 0 Å². The van der Waals surface area contributed by atoms with E-state index in [4.69, 9.17) is 10.5 Å². The number of hydrogen-bond donors (Lipinski definition) is 2. The maximum Gasteiger partial charge on any atom is 0.225 e. The number of methoxy groups -OCH3 is 1. The average molecular weight is 385 g/mol. The van der Waals surface area contributed by atoms with E-state index in [1.807, 2.05) is 0 Å². The highest BCUT2D eigenvalue weighted by molar-refractivity contribution is 5.99. The van der Waals surface area contributed by atoms with Gasteiger partial charge in [-0.05, 0) is 38.1 Å². The van der Waals surface area contributed by atoms with Gasteiger partial charge >= 0.3 is 0 Å². The number of benzene rings is 1. The van der Waals surface area contributed by atoms with Crippen LogP contribution in [-0.2, 0) is 7.05 Å². The van der Waals surface area contributed by atoms with E-state index in [1.54, 1.807) is 19.2 Å². The first-order valence-electron chi connectivity index (χ1n) is 9.37. The third-order valence-corrected chi connectivity index (χ3v) is 5.08. The van der Waals surface area contributed by atoms with Crippen LogP contribution >= 0.6 is 0 Å². The molecule has 1 fully saturated rings. The van der Waals surface area contributed by atoms with E-state index in [9.17, 15) is 4.39 Å². The van der Waals surface area contributed by atoms with Crippen molar-refractivity contribution in [1.82, 2.24) is 24.6 Å². The first kappa shape index (κ1) is 18.4. The minimum atomic E-state index is -0.439. The molecule has 0 unspecified atom stereocenters. The van der Waals surface area contributed by atoms with Gasteiger partial charge in [0.2, 0.25) is 5.95 Å². The van der Waals surface area contributed by atoms with Crippen molar-refractivity contribution in [2.45, 2.75) is 12.8 Å². The van der Waals surface area contributed by atoms with Crippen molar-refractivity contribution in [3.05, 3.63) is 24.0 Å². The summed E-state index contributed by atoms with van der Waals surface area (Å²) in [6.07, 6.45) is 2.49. The quantitative estimate of drug-likeness (QED) is 0.672. The minimum Gasteiger partial charge on any atom is -0.497 e. The normalized spacial score (nSPS) is 14.7. The van der Waals surface area contributed by atoms with Crippen LogP contribution in [-0.4, -0.2) is 57.9 Å². The molecular weight excluding hydrogens is 361 g/mol. The largest absolute Gasteiger partial charge is 0.497 e. The molecule has 1 aromatic carbocycles. The SMILES string of the molecule is COc1ccc(-c2nc(NCCN3CCCC3)nc3nn(C)c(N)c23)c(F)c1. The second-order valence-electron chi connectivity index (χ2n) is 6.92. The van der Waals surface area contributed by atoms with Gasteiger partial charge in [-0.25, -0.2) is 9.37 Å². The van der Waals surface area contributed by atoms with E-state index in [-0.39, 0.29) is 0 Å². The zero-order valence-corrected chi connectivity index (χ0v) is 16.1. The number of nitrogens with zero attached hydrogens (tertiary/aromatic N) is 5. The Bertz CT molecular complexity index is 998. The molecule has 1 saturated heterocycles. The fraction of sp³-hybridized carbons (Fsp3) is 0.421. The third kappa shape index (κ3) is 3.45. The maximum atomic E-state index is 14.7. The number of rotatable bonds is 6. The predicted molar refractivity (Wildman–Crippen MR) is 107 cm³/mol. The highest BCUT2D eigenvalue weighted by atomic mass is 19.1. The monoisotopic (exact) mass is 385 g/mol. The van der Waals surface area contributed by atoms with E-state index in [0.717, 1.165) is 19.6 Å². The molecule has 28 heavy (non-hydrogen) atoms. The number of fused-ring (bicyclic) bond motifs is 1. The molecule has 3 N–H and O–H groups in total. The Kier molecular flexibility index (Phi) is 4.99. The standard InChI is InChI=1S/C19H24FN7O/c1-26-17(21)15-16(13-6-5-12(28-2)11-14(13)20)23-19(24-18(15)25-26)22-7-10-27-8-3-4-9-27/h5-6,11H,3-4,7-10,21H2,1-2H3,(H,22,24,25). The van der Waals surface area contributed by atoms with Gasteiger partial charge in [0.25, 0.3) is 0 Å². The fourth-order valence-corrected chi connectivity index (χ4v) is 3.54. The van der Waals surface area contributed by atoms with Crippen LogP contribution in [0.2, 0.25) is 0 Å². The topological polar surface area (TPSA) is 94.1 Å². The summed E-state index contributed by atoms with van der Waals surface area (Å²) in [5, 5.41) is 8.13. The van der Waals surface area contributed by atoms with Crippen molar-refractivity contribution < 1.29 is 9.13 Å². The summed E-state index contributed by atoms with van der Waals surface area (Å²) in [6.45, 7) is 3.87. The summed E-state index contributed by atoms with van der Waals surface area (Å²) < 4.78 is 21.4. The fourth-order valence-electron chi connectivity index (χ4n) is 3.54. The van der Waals surface area contributed by atoms with Gasteiger partial charge in [-0.1, -0.05) is 0 Å². The number of nitrogens with one attached hydrogen (secondary N) is 1. The Morgan fingerprint density at radius 3 is 2.75 bits per heavy atom. The number of aromatic nitrogens is 4. The van der Waals surface area contributed by atoms with E-state index < -0.39 is 5.82 Å². The molecule has 148 valence electrons. The number of hydrogen-bond acceptors (Lipinski definition) is 7. The molecule has 0 bridgehead atoms. The van der Waals surface area contributed by atoms with E-state index in [0.29, 0.717) is 46.4 Å². The van der Waals surface area contributed by atoms with Crippen molar-refractivity contribution in [2.24, 2.45) is 7.05 Å². The molecular formula is C19H24FN7O. The highest BCUT2D eigenvalue weighted by Crippen LogP contribution is 2.33. The summed E-state index contributed by atoms with van der Waals surface area (Å²) in [4.78, 5) is 11.4. The molecule has 1 aliphatic heterocycles. The molecule has 9 heteroatoms. The number of likely N-dealkylation sites (tertiary alicyclic amines) is 1. The molecule has 2 aromatic heterocycles. The summed E-state index contributed by atoms with van der Waals surface area (Å²) >= 11 is 0. The zero-order valence-electron chi connectivity index (χ0n) is 16.1. The Hall–Kier alpha value is -2.94. The van der Waals surface area contributed by atoms with Crippen LogP contribution in [0.15, 0.2) is 18.2 Å². The second kappa shape index (κ2) is 7.59. The van der Waals surface area contributed by atoms with Gasteiger partial charge in [-0.15, -0.1) is 0 Å². The van der Waals surface area contributed by atoms with Crippen LogP contribution in [0.5, 0.6) is 5.75 Å². The lowest BCUT2D eigenvalue weighted by Crippen LogP contribution is -2.26. The molecule has 4 rings (SSSR count). The second-order valence-corrected chi connectivity index (χ2v) is 6.92. The molecule has 0 atom stereocenters. The lowest BCUT2D eigenvalue weighted by Gasteiger charge is -2.15. The van der Waals surface area contributed by atoms with Crippen LogP contribution < -0.4 is 15.8 Å². The first-order chi connectivity index (χ1) is 13.6. The third-order valence-electron chi connectivity index (χ3n) is 5.08. The Morgan fingerprint density at radius 2 is 2.04 bits per heavy atom. The Morgan fingerprint density at radius 1 is 1.25 bits per heavy atom. The average Bonchev–Trinajstić information content (AvgIpc) is 3.29. The lowest BCUT2D eigenvalue weighted by molar-refractivity contribution is 0.352. The molecule has 0 aliphatic carbocycles. The number of nitrogens with two attached hydrogens (primary N) is 1. The van der Waals surface area contributed by atoms with Crippen LogP contribution in [0.4, 0.5) is 16.2 Å². The van der Waals surface area contributed by atoms with Gasteiger partial charge < -0.3 is 20.7 Å². The number of aryl methyl sites for hydroxylation is 1. The van der Waals surface area contributed by atoms with E-state index in [2.05, 4.69) is 25.3 Å². The molecule has 0 radical (unpaired) electrons. The summed E-state index contributed by atoms with van der Waals surface area (Å²) in [5.74, 6) is 0.805. The van der Waals surface area contributed by atoms with E-state index in [1.165, 1.54) is 30.7 Å². The van der Waals surface area contributed by atoms with Crippen LogP contribution in [0.25, 0.3) is 22.3 Å². The number of ether oxygens (including phenoxy) is 1. The maximum absolute atomic E-state index is 14.7. The molecule has 0 saturated carbocycles. The summed E-state index contributed by atoms with van der Waals surface area (Å²) in [6, 6.07) is 4.66. The van der Waals surface area contributed by atoms with Crippen molar-refractivity contribution >= 4 is 22.8 Å². The highest BCUT2D eigenvalue weighted by Gasteiger charge is 2.20. The minimum absolute atomic E-state index is 0.329. The zero-order chi connectivity index (χ0) is 19.7. The molecule has 0 spiro atoms. The number of nitrogen functional groups attached to an aromatic ring is 1. The number of halogens is 1. The molecule has 3 aromatic rings. The molecule has 0 amide bonds. The number of anilines is 2. The van der Waals surface area contributed by atoms with Crippen LogP contribution in [0.1, 0.15) is 12.8 Å². The van der Waals surface area contributed by atoms with Gasteiger partial charge in [0.05, 0.1) is 18.2 Å². The molecule has 3 heterocycles. The van der Waals surface area contributed by atoms with E-state index >= 15 is 0 Å². The van der Waals surface area contributed by atoms with Crippen molar-refractivity contribution in [1.29, 1.82) is 0 Å². The summed E-state index contributed by atoms with van der Waals surface area (Å²) in [5.41, 5.74) is 7.34. The van der Waals surface area contributed by atoms with Crippen molar-refractivity contribution in [2.75, 3.05) is 44.3 Å². The molecule has 1 aliphatic rings.